The lowest BCUT2D eigenvalue weighted by Gasteiger charge is -2.20. The summed E-state index contributed by atoms with van der Waals surface area (Å²) in [7, 11) is 0. The molecule has 0 radical (unpaired) electrons. The second kappa shape index (κ2) is 4.76. The molecule has 1 rings (SSSR count). The van der Waals surface area contributed by atoms with Crippen LogP contribution < -0.4 is 4.74 Å². The summed E-state index contributed by atoms with van der Waals surface area (Å²) < 4.78 is 5.37. The van der Waals surface area contributed by atoms with Crippen molar-refractivity contribution in [2.75, 3.05) is 6.61 Å². The van der Waals surface area contributed by atoms with Crippen LogP contribution in [-0.2, 0) is 5.41 Å². The second-order valence-electron chi connectivity index (χ2n) is 4.63. The molecule has 0 aliphatic rings. The molecule has 86 valence electrons. The van der Waals surface area contributed by atoms with Crippen LogP contribution in [0, 0.1) is 11.3 Å². The van der Waals surface area contributed by atoms with Crippen molar-refractivity contribution in [3.63, 3.8) is 0 Å². The Kier molecular flexibility index (Phi) is 3.83. The first-order valence-electron chi connectivity index (χ1n) is 5.27. The third kappa shape index (κ3) is 2.68. The molecule has 2 nitrogen and oxygen atoms in total. The normalized spacial score (nSPS) is 11.0. The first kappa shape index (κ1) is 12.9. The van der Waals surface area contributed by atoms with E-state index in [0.717, 1.165) is 5.56 Å². The van der Waals surface area contributed by atoms with Gasteiger partial charge in [0.2, 0.25) is 0 Å². The molecule has 0 aliphatic heterocycles. The Hall–Kier alpha value is -1.20. The molecule has 0 saturated heterocycles. The first-order chi connectivity index (χ1) is 7.40. The topological polar surface area (TPSA) is 33.0 Å². The average molecular weight is 238 g/mol. The Morgan fingerprint density at radius 2 is 2.00 bits per heavy atom. The van der Waals surface area contributed by atoms with Gasteiger partial charge < -0.3 is 4.74 Å². The van der Waals surface area contributed by atoms with Crippen LogP contribution in [0.4, 0.5) is 0 Å². The molecule has 0 saturated carbocycles. The molecule has 3 heteroatoms. The third-order valence-electron chi connectivity index (χ3n) is 2.32. The molecule has 1 aromatic carbocycles. The van der Waals surface area contributed by atoms with E-state index in [1.165, 1.54) is 0 Å². The molecule has 0 amide bonds. The average Bonchev–Trinajstić information content (AvgIpc) is 2.19. The van der Waals surface area contributed by atoms with Crippen LogP contribution in [0.2, 0.25) is 5.02 Å². The van der Waals surface area contributed by atoms with Crippen molar-refractivity contribution in [1.82, 2.24) is 0 Å². The molecular formula is C13H16ClNO. The molecule has 0 aliphatic carbocycles. The highest BCUT2D eigenvalue weighted by Crippen LogP contribution is 2.34. The van der Waals surface area contributed by atoms with E-state index in [4.69, 9.17) is 21.6 Å². The van der Waals surface area contributed by atoms with Gasteiger partial charge in [0.15, 0.2) is 5.75 Å². The maximum atomic E-state index is 9.07. The zero-order valence-electron chi connectivity index (χ0n) is 10.1. The predicted octanol–water partition coefficient (Wildman–Crippen LogP) is 3.91. The van der Waals surface area contributed by atoms with Crippen molar-refractivity contribution in [2.24, 2.45) is 0 Å². The zero-order chi connectivity index (χ0) is 12.3. The van der Waals surface area contributed by atoms with Crippen LogP contribution in [0.15, 0.2) is 12.1 Å². The van der Waals surface area contributed by atoms with E-state index < -0.39 is 0 Å². The highest BCUT2D eigenvalue weighted by Gasteiger charge is 2.18. The van der Waals surface area contributed by atoms with E-state index in [0.29, 0.717) is 22.9 Å². The fraction of sp³-hybridized carbons (Fsp3) is 0.462. The number of hydrogen-bond acceptors (Lipinski definition) is 2. The monoisotopic (exact) mass is 237 g/mol. The van der Waals surface area contributed by atoms with E-state index in [1.54, 1.807) is 0 Å². The first-order valence-corrected chi connectivity index (χ1v) is 5.65. The van der Waals surface area contributed by atoms with Crippen LogP contribution in [0.25, 0.3) is 0 Å². The van der Waals surface area contributed by atoms with E-state index in [9.17, 15) is 0 Å². The summed E-state index contributed by atoms with van der Waals surface area (Å²) in [5, 5.41) is 9.58. The van der Waals surface area contributed by atoms with E-state index in [-0.39, 0.29) is 5.41 Å². The molecule has 0 atom stereocenters. The minimum absolute atomic E-state index is 0.0278. The van der Waals surface area contributed by atoms with Gasteiger partial charge in [-0.3, -0.25) is 0 Å². The van der Waals surface area contributed by atoms with Crippen LogP contribution in [0.1, 0.15) is 38.8 Å². The molecule has 16 heavy (non-hydrogen) atoms. The smallest absolute Gasteiger partial charge is 0.155 e. The Morgan fingerprint density at radius 1 is 1.38 bits per heavy atom. The largest absolute Gasteiger partial charge is 0.491 e. The van der Waals surface area contributed by atoms with Gasteiger partial charge in [0.05, 0.1) is 17.2 Å². The van der Waals surface area contributed by atoms with Crippen molar-refractivity contribution in [2.45, 2.75) is 33.1 Å². The second-order valence-corrected chi connectivity index (χ2v) is 5.04. The molecular weight excluding hydrogens is 222 g/mol. The molecule has 0 unspecified atom stereocenters. The van der Waals surface area contributed by atoms with Gasteiger partial charge in [-0.2, -0.15) is 5.26 Å². The van der Waals surface area contributed by atoms with Gasteiger partial charge in [-0.1, -0.05) is 32.4 Å². The lowest BCUT2D eigenvalue weighted by Crippen LogP contribution is -2.11. The Morgan fingerprint density at radius 3 is 2.44 bits per heavy atom. The van der Waals surface area contributed by atoms with Gasteiger partial charge in [-0.15, -0.1) is 0 Å². The zero-order valence-corrected chi connectivity index (χ0v) is 10.9. The molecule has 0 spiro atoms. The van der Waals surface area contributed by atoms with Crippen LogP contribution in [0.3, 0.4) is 0 Å². The number of ether oxygens (including phenoxy) is 1. The maximum absolute atomic E-state index is 9.07. The van der Waals surface area contributed by atoms with Gasteiger partial charge in [0.1, 0.15) is 6.07 Å². The summed E-state index contributed by atoms with van der Waals surface area (Å²) in [5.74, 6) is 0.486. The van der Waals surface area contributed by atoms with Gasteiger partial charge in [-0.05, 0) is 30.0 Å². The quantitative estimate of drug-likeness (QED) is 0.781. The lowest BCUT2D eigenvalue weighted by atomic mass is 9.86. The van der Waals surface area contributed by atoms with Gasteiger partial charge in [0, 0.05) is 0 Å². The number of halogens is 1. The molecule has 0 N–H and O–H groups in total. The fourth-order valence-electron chi connectivity index (χ4n) is 1.40. The molecule has 0 bridgehead atoms. The van der Waals surface area contributed by atoms with Crippen LogP contribution in [0.5, 0.6) is 5.75 Å². The summed E-state index contributed by atoms with van der Waals surface area (Å²) in [5.41, 5.74) is 1.51. The Labute approximate surface area is 102 Å². The predicted molar refractivity (Wildman–Crippen MR) is 66.0 cm³/mol. The van der Waals surface area contributed by atoms with E-state index in [1.807, 2.05) is 19.1 Å². The van der Waals surface area contributed by atoms with Crippen molar-refractivity contribution in [3.05, 3.63) is 28.3 Å². The Balaban J connectivity index is 3.34. The summed E-state index contributed by atoms with van der Waals surface area (Å²) in [6.45, 7) is 8.62. The van der Waals surface area contributed by atoms with Crippen LogP contribution >= 0.6 is 11.6 Å². The lowest BCUT2D eigenvalue weighted by molar-refractivity contribution is 0.339. The third-order valence-corrected chi connectivity index (χ3v) is 2.60. The molecule has 0 fully saturated rings. The summed E-state index contributed by atoms with van der Waals surface area (Å²) >= 11 is 6.12. The van der Waals surface area contributed by atoms with E-state index >= 15 is 0 Å². The standard InChI is InChI=1S/C13H16ClNO/c1-5-16-12-9(8-15)6-10(7-11(12)14)13(2,3)4/h6-7H,5H2,1-4H3. The summed E-state index contributed by atoms with van der Waals surface area (Å²) in [4.78, 5) is 0. The van der Waals surface area contributed by atoms with Gasteiger partial charge >= 0.3 is 0 Å². The summed E-state index contributed by atoms with van der Waals surface area (Å²) in [6, 6.07) is 5.84. The van der Waals surface area contributed by atoms with Crippen molar-refractivity contribution < 1.29 is 4.74 Å². The number of nitriles is 1. The fourth-order valence-corrected chi connectivity index (χ4v) is 1.67. The molecule has 1 aromatic rings. The SMILES string of the molecule is CCOc1c(Cl)cc(C(C)(C)C)cc1C#N. The number of hydrogen-bond donors (Lipinski definition) is 0. The number of nitrogens with zero attached hydrogens (tertiary/aromatic N) is 1. The minimum Gasteiger partial charge on any atom is -0.491 e. The number of benzene rings is 1. The van der Waals surface area contributed by atoms with Crippen molar-refractivity contribution in [3.8, 4) is 11.8 Å². The van der Waals surface area contributed by atoms with Crippen molar-refractivity contribution in [1.29, 1.82) is 5.26 Å². The highest BCUT2D eigenvalue weighted by atomic mass is 35.5. The summed E-state index contributed by atoms with van der Waals surface area (Å²) in [6.07, 6.45) is 0. The van der Waals surface area contributed by atoms with Gasteiger partial charge in [-0.25, -0.2) is 0 Å². The van der Waals surface area contributed by atoms with Crippen molar-refractivity contribution >= 4 is 11.6 Å². The van der Waals surface area contributed by atoms with Gasteiger partial charge in [0.25, 0.3) is 0 Å². The van der Waals surface area contributed by atoms with E-state index in [2.05, 4.69) is 26.8 Å². The maximum Gasteiger partial charge on any atom is 0.155 e. The van der Waals surface area contributed by atoms with Crippen LogP contribution in [-0.4, -0.2) is 6.61 Å². The molecule has 0 aromatic heterocycles. The Bertz CT molecular complexity index is 427. The number of rotatable bonds is 2. The highest BCUT2D eigenvalue weighted by molar-refractivity contribution is 6.32. The minimum atomic E-state index is -0.0278. The molecule has 0 heterocycles.